The van der Waals surface area contributed by atoms with E-state index in [0.717, 1.165) is 36.6 Å². The summed E-state index contributed by atoms with van der Waals surface area (Å²) in [6, 6.07) is 9.51. The molecule has 1 aromatic heterocycles. The molecule has 3 rings (SSSR count). The van der Waals surface area contributed by atoms with Crippen LogP contribution in [-0.2, 0) is 0 Å². The van der Waals surface area contributed by atoms with Gasteiger partial charge in [-0.15, -0.1) is 36.2 Å². The SMILES string of the molecule is COc1cc(C#N)cc([C@H](c2cccs2)N2CCNCC2)c1O.Cl.Cl. The molecule has 25 heavy (non-hydrogen) atoms. The van der Waals surface area contributed by atoms with E-state index in [2.05, 4.69) is 22.4 Å². The maximum Gasteiger partial charge on any atom is 0.162 e. The lowest BCUT2D eigenvalue weighted by Crippen LogP contribution is -2.45. The zero-order valence-corrected chi connectivity index (χ0v) is 16.2. The van der Waals surface area contributed by atoms with Gasteiger partial charge in [0.15, 0.2) is 11.5 Å². The van der Waals surface area contributed by atoms with Gasteiger partial charge >= 0.3 is 0 Å². The molecule has 1 aliphatic rings. The van der Waals surface area contributed by atoms with Crippen LogP contribution in [0.25, 0.3) is 0 Å². The number of hydrogen-bond donors (Lipinski definition) is 2. The average Bonchev–Trinajstić information content (AvgIpc) is 3.12. The van der Waals surface area contributed by atoms with Crippen LogP contribution >= 0.6 is 36.2 Å². The van der Waals surface area contributed by atoms with Gasteiger partial charge < -0.3 is 15.2 Å². The van der Waals surface area contributed by atoms with E-state index in [1.54, 1.807) is 23.5 Å². The molecule has 1 aromatic carbocycles. The molecule has 1 saturated heterocycles. The number of phenolic OH excluding ortho intramolecular Hbond substituents is 1. The lowest BCUT2D eigenvalue weighted by atomic mass is 9.98. The van der Waals surface area contributed by atoms with Crippen molar-refractivity contribution in [3.05, 3.63) is 45.6 Å². The number of aromatic hydroxyl groups is 1. The number of rotatable bonds is 4. The van der Waals surface area contributed by atoms with Crippen molar-refractivity contribution in [3.8, 4) is 17.6 Å². The third kappa shape index (κ3) is 4.57. The molecular weight excluding hydrogens is 381 g/mol. The first-order valence-electron chi connectivity index (χ1n) is 7.53. The zero-order chi connectivity index (χ0) is 16.2. The summed E-state index contributed by atoms with van der Waals surface area (Å²) in [5.74, 6) is 0.458. The van der Waals surface area contributed by atoms with Gasteiger partial charge in [0.2, 0.25) is 0 Å². The van der Waals surface area contributed by atoms with Crippen molar-refractivity contribution in [2.45, 2.75) is 6.04 Å². The Labute approximate surface area is 164 Å². The Morgan fingerprint density at radius 3 is 2.60 bits per heavy atom. The van der Waals surface area contributed by atoms with E-state index in [9.17, 15) is 10.4 Å². The second-order valence-corrected chi connectivity index (χ2v) is 6.41. The molecule has 1 atom stereocenters. The van der Waals surface area contributed by atoms with Crippen LogP contribution in [0.2, 0.25) is 0 Å². The van der Waals surface area contributed by atoms with Crippen LogP contribution in [0.4, 0.5) is 0 Å². The highest BCUT2D eigenvalue weighted by Crippen LogP contribution is 2.41. The fraction of sp³-hybridized carbons (Fsp3) is 0.353. The Bertz CT molecular complexity index is 713. The molecule has 1 fully saturated rings. The molecule has 2 aromatic rings. The highest BCUT2D eigenvalue weighted by Gasteiger charge is 2.28. The van der Waals surface area contributed by atoms with Crippen molar-refractivity contribution in [3.63, 3.8) is 0 Å². The summed E-state index contributed by atoms with van der Waals surface area (Å²) in [4.78, 5) is 3.48. The van der Waals surface area contributed by atoms with E-state index in [4.69, 9.17) is 4.74 Å². The summed E-state index contributed by atoms with van der Waals surface area (Å²) >= 11 is 1.66. The van der Waals surface area contributed by atoms with Crippen LogP contribution in [0.3, 0.4) is 0 Å². The largest absolute Gasteiger partial charge is 0.504 e. The summed E-state index contributed by atoms with van der Waals surface area (Å²) in [7, 11) is 1.50. The summed E-state index contributed by atoms with van der Waals surface area (Å²) in [6.45, 7) is 3.61. The van der Waals surface area contributed by atoms with Crippen LogP contribution in [0.15, 0.2) is 29.6 Å². The molecule has 2 heterocycles. The van der Waals surface area contributed by atoms with E-state index < -0.39 is 0 Å². The van der Waals surface area contributed by atoms with Gasteiger partial charge in [-0.2, -0.15) is 5.26 Å². The summed E-state index contributed by atoms with van der Waals surface area (Å²) in [5, 5.41) is 25.3. The summed E-state index contributed by atoms with van der Waals surface area (Å²) in [5.41, 5.74) is 1.22. The highest BCUT2D eigenvalue weighted by molar-refractivity contribution is 7.10. The first-order chi connectivity index (χ1) is 11.2. The number of nitrogens with zero attached hydrogens (tertiary/aromatic N) is 2. The molecule has 0 amide bonds. The summed E-state index contributed by atoms with van der Waals surface area (Å²) < 4.78 is 5.25. The number of methoxy groups -OCH3 is 1. The van der Waals surface area contributed by atoms with Crippen molar-refractivity contribution in [2.24, 2.45) is 0 Å². The molecule has 0 spiro atoms. The minimum Gasteiger partial charge on any atom is -0.504 e. The molecule has 2 N–H and O–H groups in total. The minimum absolute atomic E-state index is 0. The third-order valence-corrected chi connectivity index (χ3v) is 5.00. The molecule has 0 bridgehead atoms. The zero-order valence-electron chi connectivity index (χ0n) is 13.8. The number of nitrogens with one attached hydrogen (secondary N) is 1. The predicted molar refractivity (Wildman–Crippen MR) is 104 cm³/mol. The Morgan fingerprint density at radius 2 is 2.04 bits per heavy atom. The van der Waals surface area contributed by atoms with E-state index in [0.29, 0.717) is 11.3 Å². The van der Waals surface area contributed by atoms with Gasteiger partial charge in [-0.3, -0.25) is 4.90 Å². The van der Waals surface area contributed by atoms with E-state index in [1.165, 1.54) is 7.11 Å². The van der Waals surface area contributed by atoms with Gasteiger partial charge in [-0.25, -0.2) is 0 Å². The first-order valence-corrected chi connectivity index (χ1v) is 8.41. The second kappa shape index (κ2) is 9.85. The molecule has 0 unspecified atom stereocenters. The van der Waals surface area contributed by atoms with Crippen molar-refractivity contribution in [2.75, 3.05) is 33.3 Å². The van der Waals surface area contributed by atoms with E-state index in [1.807, 2.05) is 11.4 Å². The monoisotopic (exact) mass is 401 g/mol. The number of ether oxygens (including phenoxy) is 1. The number of nitriles is 1. The Kier molecular flexibility index (Phi) is 8.50. The number of phenols is 1. The molecule has 1 aliphatic heterocycles. The number of halogens is 2. The lowest BCUT2D eigenvalue weighted by Gasteiger charge is -2.35. The Morgan fingerprint density at radius 1 is 1.32 bits per heavy atom. The van der Waals surface area contributed by atoms with Gasteiger partial charge in [0.05, 0.1) is 24.8 Å². The quantitative estimate of drug-likeness (QED) is 0.822. The molecular formula is C17H21Cl2N3O2S. The summed E-state index contributed by atoms with van der Waals surface area (Å²) in [6.07, 6.45) is 0. The predicted octanol–water partition coefficient (Wildman–Crippen LogP) is 3.17. The van der Waals surface area contributed by atoms with Crippen LogP contribution in [0, 0.1) is 11.3 Å². The van der Waals surface area contributed by atoms with Crippen LogP contribution < -0.4 is 10.1 Å². The van der Waals surface area contributed by atoms with Gasteiger partial charge in [0.25, 0.3) is 0 Å². The molecule has 0 aliphatic carbocycles. The molecule has 0 radical (unpaired) electrons. The normalized spacial score (nSPS) is 15.4. The molecule has 0 saturated carbocycles. The van der Waals surface area contributed by atoms with Gasteiger partial charge in [0, 0.05) is 42.7 Å². The smallest absolute Gasteiger partial charge is 0.162 e. The third-order valence-electron chi connectivity index (χ3n) is 4.08. The molecule has 5 nitrogen and oxygen atoms in total. The minimum atomic E-state index is -0.0701. The van der Waals surface area contributed by atoms with Gasteiger partial charge in [0.1, 0.15) is 0 Å². The Hall–Kier alpha value is -1.49. The second-order valence-electron chi connectivity index (χ2n) is 5.43. The van der Waals surface area contributed by atoms with Crippen LogP contribution in [0.5, 0.6) is 11.5 Å². The number of benzene rings is 1. The first kappa shape index (κ1) is 21.6. The molecule has 136 valence electrons. The number of thiophene rings is 1. The van der Waals surface area contributed by atoms with Crippen LogP contribution in [-0.4, -0.2) is 43.3 Å². The van der Waals surface area contributed by atoms with Crippen molar-refractivity contribution in [1.82, 2.24) is 10.2 Å². The van der Waals surface area contributed by atoms with E-state index in [-0.39, 0.29) is 36.6 Å². The fourth-order valence-corrected chi connectivity index (χ4v) is 3.85. The number of piperazine rings is 1. The maximum absolute atomic E-state index is 10.6. The molecule has 8 heteroatoms. The van der Waals surface area contributed by atoms with Crippen LogP contribution in [0.1, 0.15) is 22.0 Å². The standard InChI is InChI=1S/C17H19N3O2S.2ClH/c1-22-14-10-12(11-18)9-13(17(14)21)16(15-3-2-8-23-15)20-6-4-19-5-7-20;;/h2-3,8-10,16,19,21H,4-7H2,1H3;2*1H/t16-;;/m1../s1. The average molecular weight is 402 g/mol. The Balaban J connectivity index is 0.00000156. The van der Waals surface area contributed by atoms with Crippen molar-refractivity contribution in [1.29, 1.82) is 5.26 Å². The van der Waals surface area contributed by atoms with E-state index >= 15 is 0 Å². The van der Waals surface area contributed by atoms with Gasteiger partial charge in [-0.05, 0) is 17.5 Å². The van der Waals surface area contributed by atoms with Crippen molar-refractivity contribution >= 4 is 36.2 Å². The maximum atomic E-state index is 10.6. The number of hydrogen-bond acceptors (Lipinski definition) is 6. The topological polar surface area (TPSA) is 68.5 Å². The van der Waals surface area contributed by atoms with Gasteiger partial charge in [-0.1, -0.05) is 6.07 Å². The van der Waals surface area contributed by atoms with Crippen molar-refractivity contribution < 1.29 is 9.84 Å². The fourth-order valence-electron chi connectivity index (χ4n) is 2.98. The highest BCUT2D eigenvalue weighted by atomic mass is 35.5. The lowest BCUT2D eigenvalue weighted by molar-refractivity contribution is 0.197.